The van der Waals surface area contributed by atoms with Crippen LogP contribution in [0.4, 0.5) is 0 Å². The molecule has 2 aliphatic heterocycles. The van der Waals surface area contributed by atoms with Crippen LogP contribution in [0, 0.1) is 20.8 Å². The fourth-order valence-electron chi connectivity index (χ4n) is 4.11. The smallest absolute Gasteiger partial charge is 0.259 e. The number of likely N-dealkylation sites (tertiary alicyclic amines) is 1. The second kappa shape index (κ2) is 6.38. The number of amides is 1. The van der Waals surface area contributed by atoms with Gasteiger partial charge in [-0.25, -0.2) is 9.50 Å². The van der Waals surface area contributed by atoms with Crippen LogP contribution in [0.5, 0.6) is 0 Å². The second-order valence-corrected chi connectivity index (χ2v) is 7.21. The normalized spacial score (nSPS) is 22.0. The lowest BCUT2D eigenvalue weighted by atomic mass is 10.2. The molecule has 0 radical (unpaired) electrons. The Morgan fingerprint density at radius 1 is 1.20 bits per heavy atom. The van der Waals surface area contributed by atoms with Gasteiger partial charge in [0.05, 0.1) is 5.69 Å². The molecule has 25 heavy (non-hydrogen) atoms. The highest BCUT2D eigenvalue weighted by molar-refractivity contribution is 6.01. The topological polar surface area (TPSA) is 65.8 Å². The minimum absolute atomic E-state index is 0.0719. The maximum Gasteiger partial charge on any atom is 0.259 e. The molecule has 1 N–H and O–H groups in total. The van der Waals surface area contributed by atoms with Gasteiger partial charge in [0, 0.05) is 56.7 Å². The number of carbonyl (C=O) groups is 1. The van der Waals surface area contributed by atoms with Gasteiger partial charge >= 0.3 is 0 Å². The molecule has 4 heterocycles. The number of rotatable bonds is 2. The molecule has 1 amide bonds. The lowest BCUT2D eigenvalue weighted by Gasteiger charge is -2.32. The van der Waals surface area contributed by atoms with Crippen LogP contribution in [0.2, 0.25) is 0 Å². The third-order valence-electron chi connectivity index (χ3n) is 5.40. The van der Waals surface area contributed by atoms with E-state index in [0.29, 0.717) is 17.3 Å². The van der Waals surface area contributed by atoms with E-state index in [-0.39, 0.29) is 5.91 Å². The van der Waals surface area contributed by atoms with Gasteiger partial charge in [-0.15, -0.1) is 0 Å². The molecular formula is C18H26N6O. The van der Waals surface area contributed by atoms with E-state index in [2.05, 4.69) is 20.3 Å². The average Bonchev–Trinajstić information content (AvgIpc) is 3.20. The first kappa shape index (κ1) is 16.5. The molecule has 2 aliphatic rings. The molecule has 0 saturated carbocycles. The molecule has 4 rings (SSSR count). The highest BCUT2D eigenvalue weighted by Crippen LogP contribution is 2.23. The lowest BCUT2D eigenvalue weighted by Crippen LogP contribution is -2.49. The molecule has 0 aliphatic carbocycles. The molecule has 1 atom stereocenters. The number of aromatic nitrogens is 3. The van der Waals surface area contributed by atoms with Crippen molar-refractivity contribution in [3.8, 4) is 0 Å². The number of aryl methyl sites for hydroxylation is 3. The first-order valence-electron chi connectivity index (χ1n) is 9.12. The molecule has 0 aromatic carbocycles. The van der Waals surface area contributed by atoms with Gasteiger partial charge in [0.2, 0.25) is 0 Å². The Morgan fingerprint density at radius 2 is 1.96 bits per heavy atom. The summed E-state index contributed by atoms with van der Waals surface area (Å²) in [4.78, 5) is 22.3. The number of carbonyl (C=O) groups excluding carboxylic acids is 1. The zero-order valence-electron chi connectivity index (χ0n) is 15.2. The largest absolute Gasteiger partial charge is 0.337 e. The third-order valence-corrected chi connectivity index (χ3v) is 5.40. The van der Waals surface area contributed by atoms with Crippen LogP contribution in [-0.4, -0.2) is 75.6 Å². The first-order chi connectivity index (χ1) is 12.0. The molecule has 0 bridgehead atoms. The number of hydrogen-bond donors (Lipinski definition) is 1. The van der Waals surface area contributed by atoms with Crippen LogP contribution in [0.1, 0.15) is 33.9 Å². The van der Waals surface area contributed by atoms with E-state index in [1.165, 1.54) is 0 Å². The van der Waals surface area contributed by atoms with Crippen molar-refractivity contribution in [2.75, 3.05) is 39.3 Å². The highest BCUT2D eigenvalue weighted by atomic mass is 16.2. The van der Waals surface area contributed by atoms with Crippen molar-refractivity contribution in [1.29, 1.82) is 0 Å². The van der Waals surface area contributed by atoms with E-state index in [4.69, 9.17) is 0 Å². The average molecular weight is 342 g/mol. The molecule has 2 fully saturated rings. The summed E-state index contributed by atoms with van der Waals surface area (Å²) < 4.78 is 1.79. The Hall–Kier alpha value is -1.99. The molecule has 0 spiro atoms. The lowest BCUT2D eigenvalue weighted by molar-refractivity contribution is 0.0774. The Balaban J connectivity index is 1.59. The van der Waals surface area contributed by atoms with E-state index < -0.39 is 0 Å². The van der Waals surface area contributed by atoms with Gasteiger partial charge in [0.25, 0.3) is 5.91 Å². The van der Waals surface area contributed by atoms with Gasteiger partial charge in [-0.05, 0) is 33.3 Å². The quantitative estimate of drug-likeness (QED) is 0.873. The van der Waals surface area contributed by atoms with E-state index in [1.807, 2.05) is 31.7 Å². The standard InChI is InChI=1S/C18H26N6O/c1-12-10-13(2)24-17(20-12)16(14(3)21-24)18(25)23-7-4-15(11-23)22-8-5-19-6-9-22/h10,15,19H,4-9,11H2,1-3H3. The SMILES string of the molecule is Cc1cc(C)n2nc(C)c(C(=O)N3CCC(N4CCNCC4)C3)c2n1. The number of hydrogen-bond acceptors (Lipinski definition) is 5. The Kier molecular flexibility index (Phi) is 4.21. The van der Waals surface area contributed by atoms with Crippen LogP contribution >= 0.6 is 0 Å². The fraction of sp³-hybridized carbons (Fsp3) is 0.611. The summed E-state index contributed by atoms with van der Waals surface area (Å²) in [5.74, 6) is 0.0719. The number of nitrogens with one attached hydrogen (secondary N) is 1. The van der Waals surface area contributed by atoms with Crippen molar-refractivity contribution < 1.29 is 4.79 Å². The van der Waals surface area contributed by atoms with Crippen LogP contribution in [0.15, 0.2) is 6.07 Å². The van der Waals surface area contributed by atoms with Crippen LogP contribution in [-0.2, 0) is 0 Å². The number of nitrogens with zero attached hydrogens (tertiary/aromatic N) is 5. The second-order valence-electron chi connectivity index (χ2n) is 7.21. The summed E-state index contributed by atoms with van der Waals surface area (Å²) in [6, 6.07) is 2.47. The Bertz CT molecular complexity index is 807. The van der Waals surface area contributed by atoms with Crippen LogP contribution in [0.3, 0.4) is 0 Å². The minimum Gasteiger partial charge on any atom is -0.337 e. The summed E-state index contributed by atoms with van der Waals surface area (Å²) in [5.41, 5.74) is 4.03. The molecule has 7 nitrogen and oxygen atoms in total. The van der Waals surface area contributed by atoms with Crippen molar-refractivity contribution in [2.24, 2.45) is 0 Å². The minimum atomic E-state index is 0.0719. The third kappa shape index (κ3) is 2.91. The van der Waals surface area contributed by atoms with Crippen molar-refractivity contribution >= 4 is 11.6 Å². The predicted molar refractivity (Wildman–Crippen MR) is 95.9 cm³/mol. The van der Waals surface area contributed by atoms with Gasteiger partial charge in [-0.3, -0.25) is 9.69 Å². The Labute approximate surface area is 148 Å². The van der Waals surface area contributed by atoms with Gasteiger partial charge in [-0.2, -0.15) is 5.10 Å². The maximum absolute atomic E-state index is 13.2. The van der Waals surface area contributed by atoms with E-state index in [0.717, 1.165) is 62.8 Å². The molecule has 2 aromatic rings. The van der Waals surface area contributed by atoms with Gasteiger partial charge < -0.3 is 10.2 Å². The molecule has 1 unspecified atom stereocenters. The Morgan fingerprint density at radius 3 is 2.72 bits per heavy atom. The summed E-state index contributed by atoms with van der Waals surface area (Å²) >= 11 is 0. The summed E-state index contributed by atoms with van der Waals surface area (Å²) in [5, 5.41) is 7.93. The fourth-order valence-corrected chi connectivity index (χ4v) is 4.11. The monoisotopic (exact) mass is 342 g/mol. The van der Waals surface area contributed by atoms with Crippen molar-refractivity contribution in [1.82, 2.24) is 29.7 Å². The summed E-state index contributed by atoms with van der Waals surface area (Å²) in [6.45, 7) is 11.7. The van der Waals surface area contributed by atoms with E-state index >= 15 is 0 Å². The van der Waals surface area contributed by atoms with Crippen LogP contribution < -0.4 is 5.32 Å². The number of piperazine rings is 1. The predicted octanol–water partition coefficient (Wildman–Crippen LogP) is 0.774. The molecular weight excluding hydrogens is 316 g/mol. The molecule has 134 valence electrons. The van der Waals surface area contributed by atoms with Gasteiger partial charge in [0.1, 0.15) is 5.56 Å². The molecule has 2 aromatic heterocycles. The van der Waals surface area contributed by atoms with Gasteiger partial charge in [0.15, 0.2) is 5.65 Å². The first-order valence-corrected chi connectivity index (χ1v) is 9.12. The maximum atomic E-state index is 13.2. The van der Waals surface area contributed by atoms with Crippen molar-refractivity contribution in [3.63, 3.8) is 0 Å². The summed E-state index contributed by atoms with van der Waals surface area (Å²) in [7, 11) is 0. The zero-order valence-corrected chi connectivity index (χ0v) is 15.2. The van der Waals surface area contributed by atoms with Gasteiger partial charge in [-0.1, -0.05) is 0 Å². The molecule has 7 heteroatoms. The molecule has 2 saturated heterocycles. The highest BCUT2D eigenvalue weighted by Gasteiger charge is 2.33. The zero-order chi connectivity index (χ0) is 17.6. The summed E-state index contributed by atoms with van der Waals surface area (Å²) in [6.07, 6.45) is 1.05. The van der Waals surface area contributed by atoms with E-state index in [1.54, 1.807) is 4.52 Å². The van der Waals surface area contributed by atoms with Crippen molar-refractivity contribution in [3.05, 3.63) is 28.7 Å². The van der Waals surface area contributed by atoms with Crippen molar-refractivity contribution in [2.45, 2.75) is 33.2 Å². The van der Waals surface area contributed by atoms with E-state index in [9.17, 15) is 4.79 Å². The number of fused-ring (bicyclic) bond motifs is 1. The van der Waals surface area contributed by atoms with Crippen LogP contribution in [0.25, 0.3) is 5.65 Å².